The Bertz CT molecular complexity index is 870. The van der Waals surface area contributed by atoms with Crippen LogP contribution >= 0.6 is 11.3 Å². The Hall–Kier alpha value is -1.77. The molecule has 0 unspecified atom stereocenters. The molecular formula is C21H32N6OS. The highest BCUT2D eigenvalue weighted by atomic mass is 32.1. The molecule has 2 aromatic rings. The molecule has 0 radical (unpaired) electrons. The highest BCUT2D eigenvalue weighted by Gasteiger charge is 2.23. The molecule has 2 N–H and O–H groups in total. The van der Waals surface area contributed by atoms with Crippen molar-refractivity contribution in [1.29, 1.82) is 0 Å². The second-order valence-electron chi connectivity index (χ2n) is 8.03. The Morgan fingerprint density at radius 3 is 2.48 bits per heavy atom. The van der Waals surface area contributed by atoms with Crippen LogP contribution in [0.15, 0.2) is 0 Å². The Kier molecular flexibility index (Phi) is 6.32. The van der Waals surface area contributed by atoms with Crippen molar-refractivity contribution in [3.05, 3.63) is 16.3 Å². The van der Waals surface area contributed by atoms with Gasteiger partial charge in [0.15, 0.2) is 0 Å². The van der Waals surface area contributed by atoms with Crippen molar-refractivity contribution in [2.45, 2.75) is 46.1 Å². The summed E-state index contributed by atoms with van der Waals surface area (Å²) in [5, 5.41) is 1.10. The molecule has 8 heteroatoms. The van der Waals surface area contributed by atoms with Crippen LogP contribution in [-0.4, -0.2) is 76.4 Å². The van der Waals surface area contributed by atoms with Gasteiger partial charge in [-0.1, -0.05) is 0 Å². The molecule has 1 aliphatic heterocycles. The van der Waals surface area contributed by atoms with Gasteiger partial charge in [-0.2, -0.15) is 0 Å². The predicted octanol–water partition coefficient (Wildman–Crippen LogP) is 2.14. The molecule has 1 aliphatic carbocycles. The molecule has 2 aliphatic rings. The molecular weight excluding hydrogens is 384 g/mol. The number of likely N-dealkylation sites (N-methyl/N-ethyl adjacent to an activating group) is 1. The van der Waals surface area contributed by atoms with Crippen LogP contribution in [0.4, 0.5) is 5.82 Å². The molecule has 0 spiro atoms. The standard InChI is InChI=1S/C21H32N6OS/c1-3-27(4-2)18(28)14-26-11-9-25(10-12-26)13-17-23-20(22)19-15-7-5-6-8-16(15)29-21(19)24-17/h3-14H2,1-2H3,(H2,22,23,24). The first kappa shape index (κ1) is 20.5. The van der Waals surface area contributed by atoms with Crippen LogP contribution in [0.5, 0.6) is 0 Å². The molecule has 1 amide bonds. The number of anilines is 1. The summed E-state index contributed by atoms with van der Waals surface area (Å²) in [6.45, 7) is 10.5. The number of piperazine rings is 1. The maximum Gasteiger partial charge on any atom is 0.236 e. The lowest BCUT2D eigenvalue weighted by Gasteiger charge is -2.34. The molecule has 0 saturated carbocycles. The summed E-state index contributed by atoms with van der Waals surface area (Å²) in [4.78, 5) is 30.9. The monoisotopic (exact) mass is 416 g/mol. The molecule has 3 heterocycles. The van der Waals surface area contributed by atoms with E-state index < -0.39 is 0 Å². The van der Waals surface area contributed by atoms with Crippen LogP contribution in [0.2, 0.25) is 0 Å². The molecule has 158 valence electrons. The number of aryl methyl sites for hydroxylation is 2. The van der Waals surface area contributed by atoms with E-state index in [1.807, 2.05) is 18.7 Å². The van der Waals surface area contributed by atoms with Gasteiger partial charge in [-0.3, -0.25) is 14.6 Å². The average Bonchev–Trinajstić information content (AvgIpc) is 3.09. The molecule has 0 atom stereocenters. The van der Waals surface area contributed by atoms with E-state index in [0.717, 1.165) is 74.7 Å². The minimum Gasteiger partial charge on any atom is -0.383 e. The summed E-state index contributed by atoms with van der Waals surface area (Å²) < 4.78 is 0. The fraction of sp³-hybridized carbons (Fsp3) is 0.667. The topological polar surface area (TPSA) is 78.6 Å². The first-order chi connectivity index (χ1) is 14.1. The van der Waals surface area contributed by atoms with Gasteiger partial charge in [0.25, 0.3) is 0 Å². The number of fused-ring (bicyclic) bond motifs is 3. The predicted molar refractivity (Wildman–Crippen MR) is 118 cm³/mol. The normalized spacial score (nSPS) is 18.1. The van der Waals surface area contributed by atoms with Crippen molar-refractivity contribution in [3.63, 3.8) is 0 Å². The maximum absolute atomic E-state index is 12.3. The Labute approximate surface area is 176 Å². The Morgan fingerprint density at radius 2 is 1.76 bits per heavy atom. The minimum absolute atomic E-state index is 0.228. The van der Waals surface area contributed by atoms with E-state index in [-0.39, 0.29) is 5.91 Å². The lowest BCUT2D eigenvalue weighted by atomic mass is 9.97. The zero-order valence-corrected chi connectivity index (χ0v) is 18.4. The number of nitrogen functional groups attached to an aromatic ring is 1. The number of aromatic nitrogens is 2. The van der Waals surface area contributed by atoms with Crippen molar-refractivity contribution in [3.8, 4) is 0 Å². The molecule has 2 aromatic heterocycles. The summed E-state index contributed by atoms with van der Waals surface area (Å²) in [6.07, 6.45) is 4.76. The minimum atomic E-state index is 0.228. The van der Waals surface area contributed by atoms with Gasteiger partial charge in [-0.05, 0) is 45.1 Å². The highest BCUT2D eigenvalue weighted by Crippen LogP contribution is 2.37. The molecule has 4 rings (SSSR count). The maximum atomic E-state index is 12.3. The number of carbonyl (C=O) groups excluding carboxylic acids is 1. The smallest absolute Gasteiger partial charge is 0.236 e. The number of carbonyl (C=O) groups is 1. The number of hydrogen-bond acceptors (Lipinski definition) is 7. The van der Waals surface area contributed by atoms with Gasteiger partial charge < -0.3 is 10.6 Å². The molecule has 1 fully saturated rings. The third kappa shape index (κ3) is 4.39. The van der Waals surface area contributed by atoms with E-state index >= 15 is 0 Å². The lowest BCUT2D eigenvalue weighted by molar-refractivity contribution is -0.132. The van der Waals surface area contributed by atoms with Gasteiger partial charge in [0.1, 0.15) is 16.5 Å². The van der Waals surface area contributed by atoms with Gasteiger partial charge in [0.05, 0.1) is 18.5 Å². The van der Waals surface area contributed by atoms with Crippen LogP contribution < -0.4 is 5.73 Å². The molecule has 1 saturated heterocycles. The number of amides is 1. The first-order valence-electron chi connectivity index (χ1n) is 10.9. The van der Waals surface area contributed by atoms with Gasteiger partial charge >= 0.3 is 0 Å². The van der Waals surface area contributed by atoms with Crippen LogP contribution in [0, 0.1) is 0 Å². The van der Waals surface area contributed by atoms with Crippen LogP contribution in [0.3, 0.4) is 0 Å². The summed E-state index contributed by atoms with van der Waals surface area (Å²) in [6, 6.07) is 0. The number of nitrogens with two attached hydrogens (primary N) is 1. The molecule has 0 bridgehead atoms. The summed E-state index contributed by atoms with van der Waals surface area (Å²) in [5.41, 5.74) is 7.74. The zero-order chi connectivity index (χ0) is 20.4. The van der Waals surface area contributed by atoms with E-state index in [1.165, 1.54) is 23.3 Å². The highest BCUT2D eigenvalue weighted by molar-refractivity contribution is 7.19. The Morgan fingerprint density at radius 1 is 1.07 bits per heavy atom. The Balaban J connectivity index is 1.37. The van der Waals surface area contributed by atoms with E-state index in [2.05, 4.69) is 14.8 Å². The first-order valence-corrected chi connectivity index (χ1v) is 11.7. The fourth-order valence-corrected chi connectivity index (χ4v) is 5.76. The summed E-state index contributed by atoms with van der Waals surface area (Å²) in [7, 11) is 0. The van der Waals surface area contributed by atoms with E-state index in [1.54, 1.807) is 11.3 Å². The molecule has 0 aromatic carbocycles. The second-order valence-corrected chi connectivity index (χ2v) is 9.12. The van der Waals surface area contributed by atoms with Gasteiger partial charge in [-0.15, -0.1) is 11.3 Å². The van der Waals surface area contributed by atoms with Gasteiger partial charge in [-0.25, -0.2) is 9.97 Å². The third-order valence-electron chi connectivity index (χ3n) is 6.19. The van der Waals surface area contributed by atoms with Gasteiger partial charge in [0.2, 0.25) is 5.91 Å². The van der Waals surface area contributed by atoms with Crippen LogP contribution in [0.1, 0.15) is 43.0 Å². The van der Waals surface area contributed by atoms with Crippen LogP contribution in [0.25, 0.3) is 10.2 Å². The number of nitrogens with zero attached hydrogens (tertiary/aromatic N) is 5. The summed E-state index contributed by atoms with van der Waals surface area (Å²) in [5.74, 6) is 1.70. The van der Waals surface area contributed by atoms with Gasteiger partial charge in [0, 0.05) is 44.1 Å². The van der Waals surface area contributed by atoms with Crippen molar-refractivity contribution in [1.82, 2.24) is 24.7 Å². The van der Waals surface area contributed by atoms with E-state index in [9.17, 15) is 4.79 Å². The second kappa shape index (κ2) is 8.93. The quantitative estimate of drug-likeness (QED) is 0.777. The number of rotatable bonds is 6. The fourth-order valence-electron chi connectivity index (χ4n) is 4.48. The zero-order valence-electron chi connectivity index (χ0n) is 17.6. The van der Waals surface area contributed by atoms with Crippen molar-refractivity contribution in [2.24, 2.45) is 0 Å². The summed E-state index contributed by atoms with van der Waals surface area (Å²) >= 11 is 1.80. The average molecular weight is 417 g/mol. The molecule has 7 nitrogen and oxygen atoms in total. The third-order valence-corrected chi connectivity index (χ3v) is 7.38. The van der Waals surface area contributed by atoms with E-state index in [0.29, 0.717) is 12.4 Å². The van der Waals surface area contributed by atoms with Crippen molar-refractivity contribution < 1.29 is 4.79 Å². The van der Waals surface area contributed by atoms with Crippen LogP contribution in [-0.2, 0) is 24.2 Å². The van der Waals surface area contributed by atoms with E-state index in [4.69, 9.17) is 10.7 Å². The lowest BCUT2D eigenvalue weighted by Crippen LogP contribution is -2.49. The van der Waals surface area contributed by atoms with Crippen molar-refractivity contribution >= 4 is 33.3 Å². The molecule has 29 heavy (non-hydrogen) atoms. The number of hydrogen-bond donors (Lipinski definition) is 1. The SMILES string of the molecule is CCN(CC)C(=O)CN1CCN(Cc2nc(N)c3c4c(sc3n2)CCCC4)CC1. The number of thiophene rings is 1. The largest absolute Gasteiger partial charge is 0.383 e. The van der Waals surface area contributed by atoms with Crippen molar-refractivity contribution in [2.75, 3.05) is 51.5 Å².